The molecular formula is C16H19N5S. The minimum atomic E-state index is 0.416. The average molecular weight is 313 g/mol. The molecule has 1 N–H and O–H groups in total. The van der Waals surface area contributed by atoms with Crippen LogP contribution in [-0.2, 0) is 6.54 Å². The highest BCUT2D eigenvalue weighted by molar-refractivity contribution is 7.15. The summed E-state index contributed by atoms with van der Waals surface area (Å²) in [6.07, 6.45) is 2.18. The third-order valence-corrected chi connectivity index (χ3v) is 4.68. The van der Waals surface area contributed by atoms with Gasteiger partial charge in [-0.3, -0.25) is 4.90 Å². The van der Waals surface area contributed by atoms with Crippen molar-refractivity contribution in [3.8, 4) is 6.07 Å². The Morgan fingerprint density at radius 3 is 2.86 bits per heavy atom. The zero-order valence-corrected chi connectivity index (χ0v) is 13.4. The Labute approximate surface area is 134 Å². The number of nitriles is 1. The number of nitrogens with one attached hydrogen (secondary N) is 1. The molecule has 2 aromatic rings. The molecule has 3 rings (SSSR count). The van der Waals surface area contributed by atoms with E-state index in [0.29, 0.717) is 11.0 Å². The van der Waals surface area contributed by atoms with Gasteiger partial charge in [0.2, 0.25) is 10.1 Å². The van der Waals surface area contributed by atoms with Gasteiger partial charge < -0.3 is 5.32 Å². The van der Waals surface area contributed by atoms with E-state index in [4.69, 9.17) is 5.26 Å². The Hall–Kier alpha value is -1.97. The van der Waals surface area contributed by atoms with Gasteiger partial charge in [0, 0.05) is 25.7 Å². The minimum absolute atomic E-state index is 0.416. The molecule has 6 heteroatoms. The van der Waals surface area contributed by atoms with E-state index in [-0.39, 0.29) is 0 Å². The van der Waals surface area contributed by atoms with Gasteiger partial charge in [-0.2, -0.15) is 5.26 Å². The number of anilines is 1. The summed E-state index contributed by atoms with van der Waals surface area (Å²) in [5.41, 5.74) is 2.70. The lowest BCUT2D eigenvalue weighted by Crippen LogP contribution is -2.38. The van der Waals surface area contributed by atoms with E-state index < -0.39 is 0 Å². The summed E-state index contributed by atoms with van der Waals surface area (Å²) in [6.45, 7) is 5.31. The van der Waals surface area contributed by atoms with Crippen molar-refractivity contribution in [1.82, 2.24) is 15.1 Å². The molecule has 5 nitrogen and oxygen atoms in total. The second-order valence-electron chi connectivity index (χ2n) is 5.71. The Bertz CT molecular complexity index is 667. The van der Waals surface area contributed by atoms with Crippen LogP contribution in [0.25, 0.3) is 0 Å². The molecule has 0 saturated carbocycles. The third kappa shape index (κ3) is 3.81. The van der Waals surface area contributed by atoms with Gasteiger partial charge in [0.15, 0.2) is 0 Å². The summed E-state index contributed by atoms with van der Waals surface area (Å²) in [6, 6.07) is 11.2. The lowest BCUT2D eigenvalue weighted by atomic mass is 10.0. The van der Waals surface area contributed by atoms with Crippen molar-refractivity contribution in [2.75, 3.05) is 18.4 Å². The van der Waals surface area contributed by atoms with Crippen LogP contribution in [0.1, 0.15) is 29.0 Å². The Morgan fingerprint density at radius 1 is 1.36 bits per heavy atom. The first-order chi connectivity index (χ1) is 10.7. The van der Waals surface area contributed by atoms with Gasteiger partial charge >= 0.3 is 0 Å². The summed E-state index contributed by atoms with van der Waals surface area (Å²) in [5.74, 6) is 0. The number of hydrogen-bond acceptors (Lipinski definition) is 6. The smallest absolute Gasteiger partial charge is 0.219 e. The van der Waals surface area contributed by atoms with Gasteiger partial charge in [-0.15, -0.1) is 10.2 Å². The molecule has 0 aliphatic carbocycles. The van der Waals surface area contributed by atoms with Crippen molar-refractivity contribution in [3.05, 3.63) is 40.4 Å². The van der Waals surface area contributed by atoms with Crippen LogP contribution >= 0.6 is 11.3 Å². The summed E-state index contributed by atoms with van der Waals surface area (Å²) in [7, 11) is 0. The molecule has 1 fully saturated rings. The van der Waals surface area contributed by atoms with Crippen LogP contribution in [0.3, 0.4) is 0 Å². The largest absolute Gasteiger partial charge is 0.357 e. The highest BCUT2D eigenvalue weighted by Gasteiger charge is 2.20. The quantitative estimate of drug-likeness (QED) is 0.940. The van der Waals surface area contributed by atoms with Crippen LogP contribution in [0.4, 0.5) is 5.13 Å². The van der Waals surface area contributed by atoms with Crippen LogP contribution in [0.15, 0.2) is 24.3 Å². The van der Waals surface area contributed by atoms with Gasteiger partial charge in [0.05, 0.1) is 0 Å². The van der Waals surface area contributed by atoms with Crippen molar-refractivity contribution in [3.63, 3.8) is 0 Å². The molecule has 1 aromatic heterocycles. The second-order valence-corrected chi connectivity index (χ2v) is 6.69. The summed E-state index contributed by atoms with van der Waals surface area (Å²) >= 11 is 1.32. The molecule has 0 radical (unpaired) electrons. The first-order valence-electron chi connectivity index (χ1n) is 7.51. The fraction of sp³-hybridized carbons (Fsp3) is 0.438. The average Bonchev–Trinajstić information content (AvgIpc) is 2.97. The van der Waals surface area contributed by atoms with Gasteiger partial charge in [-0.05, 0) is 25.3 Å². The zero-order chi connectivity index (χ0) is 15.4. The zero-order valence-electron chi connectivity index (χ0n) is 12.6. The van der Waals surface area contributed by atoms with E-state index in [0.717, 1.165) is 37.6 Å². The topological polar surface area (TPSA) is 64.8 Å². The molecule has 1 aromatic carbocycles. The van der Waals surface area contributed by atoms with Gasteiger partial charge in [0.1, 0.15) is 6.07 Å². The number of nitrogens with zero attached hydrogens (tertiary/aromatic N) is 4. The second kappa shape index (κ2) is 6.86. The highest BCUT2D eigenvalue weighted by Crippen LogP contribution is 2.20. The first kappa shape index (κ1) is 14.9. The van der Waals surface area contributed by atoms with Gasteiger partial charge in [-0.25, -0.2) is 0 Å². The van der Waals surface area contributed by atoms with Crippen LogP contribution in [0, 0.1) is 18.3 Å². The predicted molar refractivity (Wildman–Crippen MR) is 87.7 cm³/mol. The summed E-state index contributed by atoms with van der Waals surface area (Å²) < 4.78 is 0. The number of aryl methyl sites for hydroxylation is 1. The number of hydrogen-bond donors (Lipinski definition) is 1. The molecule has 22 heavy (non-hydrogen) atoms. The maximum atomic E-state index is 8.77. The van der Waals surface area contributed by atoms with Crippen molar-refractivity contribution in [1.29, 1.82) is 5.26 Å². The predicted octanol–water partition coefficient (Wildman–Crippen LogP) is 2.79. The lowest BCUT2D eigenvalue weighted by molar-refractivity contribution is 0.211. The van der Waals surface area contributed by atoms with Crippen molar-refractivity contribution < 1.29 is 0 Å². The van der Waals surface area contributed by atoms with E-state index in [1.165, 1.54) is 22.5 Å². The lowest BCUT2D eigenvalue weighted by Gasteiger charge is -2.32. The minimum Gasteiger partial charge on any atom is -0.357 e. The van der Waals surface area contributed by atoms with E-state index in [2.05, 4.69) is 51.6 Å². The number of aromatic nitrogens is 2. The van der Waals surface area contributed by atoms with E-state index >= 15 is 0 Å². The maximum Gasteiger partial charge on any atom is 0.219 e. The molecule has 0 unspecified atom stereocenters. The normalized spacial score (nSPS) is 16.4. The van der Waals surface area contributed by atoms with E-state index in [1.807, 2.05) is 6.07 Å². The fourth-order valence-corrected chi connectivity index (χ4v) is 3.42. The van der Waals surface area contributed by atoms with Crippen LogP contribution in [-0.4, -0.2) is 34.2 Å². The molecule has 114 valence electrons. The molecule has 1 aliphatic rings. The Balaban J connectivity index is 1.49. The third-order valence-electron chi connectivity index (χ3n) is 3.92. The van der Waals surface area contributed by atoms with Crippen molar-refractivity contribution in [2.24, 2.45) is 0 Å². The maximum absolute atomic E-state index is 8.77. The van der Waals surface area contributed by atoms with Gasteiger partial charge in [0.25, 0.3) is 0 Å². The van der Waals surface area contributed by atoms with Crippen LogP contribution < -0.4 is 5.32 Å². The standard InChI is InChI=1S/C16H19N5S/c1-12-3-2-4-13(9-12)11-21-7-5-14(6-8-21)18-16-20-19-15(10-17)22-16/h2-4,9,14H,5-8,11H2,1H3,(H,18,20). The Morgan fingerprint density at radius 2 is 2.18 bits per heavy atom. The molecule has 1 saturated heterocycles. The van der Waals surface area contributed by atoms with E-state index in [9.17, 15) is 0 Å². The number of rotatable bonds is 4. The molecule has 0 spiro atoms. The molecular weight excluding hydrogens is 294 g/mol. The SMILES string of the molecule is Cc1cccc(CN2CCC(Nc3nnc(C#N)s3)CC2)c1. The van der Waals surface area contributed by atoms with Crippen LogP contribution in [0.5, 0.6) is 0 Å². The number of likely N-dealkylation sites (tertiary alicyclic amines) is 1. The molecule has 0 atom stereocenters. The Kier molecular flexibility index (Phi) is 4.66. The summed E-state index contributed by atoms with van der Waals surface area (Å²) in [4.78, 5) is 2.49. The molecule has 0 amide bonds. The van der Waals surface area contributed by atoms with Crippen molar-refractivity contribution >= 4 is 16.5 Å². The highest BCUT2D eigenvalue weighted by atomic mass is 32.1. The fourth-order valence-electron chi connectivity index (χ4n) is 2.81. The van der Waals surface area contributed by atoms with Crippen LogP contribution in [0.2, 0.25) is 0 Å². The number of piperidine rings is 1. The molecule has 1 aliphatic heterocycles. The molecule has 2 heterocycles. The van der Waals surface area contributed by atoms with E-state index in [1.54, 1.807) is 0 Å². The van der Waals surface area contributed by atoms with Gasteiger partial charge in [-0.1, -0.05) is 41.2 Å². The monoisotopic (exact) mass is 313 g/mol. The molecule has 0 bridgehead atoms. The first-order valence-corrected chi connectivity index (χ1v) is 8.32. The summed E-state index contributed by atoms with van der Waals surface area (Å²) in [5, 5.41) is 21.2. The number of benzene rings is 1. The van der Waals surface area contributed by atoms with Crippen molar-refractivity contribution in [2.45, 2.75) is 32.4 Å².